The van der Waals surface area contributed by atoms with E-state index in [2.05, 4.69) is 10.2 Å². The highest BCUT2D eigenvalue weighted by Crippen LogP contribution is 2.30. The summed E-state index contributed by atoms with van der Waals surface area (Å²) >= 11 is 0. The van der Waals surface area contributed by atoms with Crippen LogP contribution in [0.5, 0.6) is 0 Å². The van der Waals surface area contributed by atoms with Crippen molar-refractivity contribution < 1.29 is 18.9 Å². The van der Waals surface area contributed by atoms with Gasteiger partial charge in [-0.25, -0.2) is 9.69 Å². The van der Waals surface area contributed by atoms with Crippen molar-refractivity contribution in [3.63, 3.8) is 0 Å². The smallest absolute Gasteiger partial charge is 0.418 e. The third-order valence-electron chi connectivity index (χ3n) is 2.91. The lowest BCUT2D eigenvalue weighted by Crippen LogP contribution is -2.36. The molecule has 0 atom stereocenters. The number of amides is 1. The predicted octanol–water partition coefficient (Wildman–Crippen LogP) is 3.41. The molecule has 0 aliphatic heterocycles. The summed E-state index contributed by atoms with van der Waals surface area (Å²) in [4.78, 5) is 23.9. The van der Waals surface area contributed by atoms with Crippen molar-refractivity contribution in [3.8, 4) is 11.5 Å². The molecule has 128 valence electrons. The molecule has 0 aliphatic rings. The van der Waals surface area contributed by atoms with Crippen LogP contribution in [0.4, 0.5) is 16.5 Å². The van der Waals surface area contributed by atoms with Crippen molar-refractivity contribution in [1.82, 2.24) is 10.2 Å². The van der Waals surface area contributed by atoms with E-state index >= 15 is 0 Å². The Morgan fingerprint density at radius 2 is 2.00 bits per heavy atom. The van der Waals surface area contributed by atoms with E-state index in [-0.39, 0.29) is 29.7 Å². The molecule has 2 aromatic rings. The number of benzene rings is 1. The number of para-hydroxylation sites is 1. The van der Waals surface area contributed by atoms with Gasteiger partial charge in [0.15, 0.2) is 0 Å². The van der Waals surface area contributed by atoms with E-state index in [0.29, 0.717) is 0 Å². The molecule has 9 nitrogen and oxygen atoms in total. The number of ether oxygens (including phenoxy) is 1. The van der Waals surface area contributed by atoms with Crippen molar-refractivity contribution >= 4 is 17.8 Å². The molecule has 9 heteroatoms. The standard InChI is InChI=1S/C15H18N4O5/c1-5-18(14(20)24-15(2,3)4)13-17-16-12(23-13)10-8-6-7-9-11(10)19(21)22/h6-9H,5H2,1-4H3. The Bertz CT molecular complexity index is 750. The fourth-order valence-electron chi connectivity index (χ4n) is 1.91. The van der Waals surface area contributed by atoms with Crippen molar-refractivity contribution in [3.05, 3.63) is 34.4 Å². The van der Waals surface area contributed by atoms with Gasteiger partial charge in [0.05, 0.1) is 4.92 Å². The Hall–Kier alpha value is -2.97. The van der Waals surface area contributed by atoms with Crippen molar-refractivity contribution in [2.24, 2.45) is 0 Å². The highest BCUT2D eigenvalue weighted by atomic mass is 16.6. The third-order valence-corrected chi connectivity index (χ3v) is 2.91. The van der Waals surface area contributed by atoms with Crippen LogP contribution in [0.25, 0.3) is 11.5 Å². The SMILES string of the molecule is CCN(C(=O)OC(C)(C)C)c1nnc(-c2ccccc2[N+](=O)[O-])o1. The molecule has 0 spiro atoms. The molecule has 1 aromatic carbocycles. The highest BCUT2D eigenvalue weighted by Gasteiger charge is 2.27. The van der Waals surface area contributed by atoms with E-state index in [4.69, 9.17) is 9.15 Å². The number of nitro groups is 1. The van der Waals surface area contributed by atoms with Crippen LogP contribution in [0.15, 0.2) is 28.7 Å². The molecule has 1 heterocycles. The number of carbonyl (C=O) groups excluding carboxylic acids is 1. The van der Waals surface area contributed by atoms with Crippen molar-refractivity contribution in [1.29, 1.82) is 0 Å². The number of nitro benzene ring substituents is 1. The summed E-state index contributed by atoms with van der Waals surface area (Å²) in [5.74, 6) is -0.0423. The second-order valence-electron chi connectivity index (χ2n) is 5.89. The Labute approximate surface area is 138 Å². The first kappa shape index (κ1) is 17.4. The molecule has 1 amide bonds. The molecule has 0 saturated heterocycles. The normalized spacial score (nSPS) is 11.2. The molecular formula is C15H18N4O5. The second kappa shape index (κ2) is 6.65. The van der Waals surface area contributed by atoms with Crippen LogP contribution in [0, 0.1) is 10.1 Å². The summed E-state index contributed by atoms with van der Waals surface area (Å²) in [6, 6.07) is 5.92. The van der Waals surface area contributed by atoms with Crippen LogP contribution in [-0.4, -0.2) is 33.4 Å². The lowest BCUT2D eigenvalue weighted by Gasteiger charge is -2.23. The maximum absolute atomic E-state index is 12.2. The summed E-state index contributed by atoms with van der Waals surface area (Å²) in [6.07, 6.45) is -0.636. The summed E-state index contributed by atoms with van der Waals surface area (Å²) < 4.78 is 10.7. The van der Waals surface area contributed by atoms with Crippen LogP contribution in [-0.2, 0) is 4.74 Å². The molecule has 2 rings (SSSR count). The zero-order chi connectivity index (χ0) is 17.9. The van der Waals surface area contributed by atoms with Gasteiger partial charge in [-0.2, -0.15) is 0 Å². The minimum absolute atomic E-state index is 0.0423. The van der Waals surface area contributed by atoms with Crippen molar-refractivity contribution in [2.45, 2.75) is 33.3 Å². The first-order valence-electron chi connectivity index (χ1n) is 7.30. The third kappa shape index (κ3) is 3.86. The van der Waals surface area contributed by atoms with E-state index in [1.165, 1.54) is 18.2 Å². The Morgan fingerprint density at radius 1 is 1.33 bits per heavy atom. The molecule has 0 radical (unpaired) electrons. The van der Waals surface area contributed by atoms with Crippen molar-refractivity contribution in [2.75, 3.05) is 11.4 Å². The summed E-state index contributed by atoms with van der Waals surface area (Å²) in [5.41, 5.74) is -0.652. The van der Waals surface area contributed by atoms with Crippen LogP contribution in [0.3, 0.4) is 0 Å². The fraction of sp³-hybridized carbons (Fsp3) is 0.400. The van der Waals surface area contributed by atoms with Gasteiger partial charge in [-0.3, -0.25) is 10.1 Å². The number of anilines is 1. The molecular weight excluding hydrogens is 316 g/mol. The van der Waals surface area contributed by atoms with E-state index < -0.39 is 16.6 Å². The Kier molecular flexibility index (Phi) is 4.82. The number of hydrogen-bond acceptors (Lipinski definition) is 7. The number of rotatable bonds is 4. The van der Waals surface area contributed by atoms with Gasteiger partial charge in [0.25, 0.3) is 11.6 Å². The maximum Gasteiger partial charge on any atom is 0.418 e. The first-order valence-corrected chi connectivity index (χ1v) is 7.30. The molecule has 0 aliphatic carbocycles. The van der Waals surface area contributed by atoms with Gasteiger partial charge in [0.2, 0.25) is 0 Å². The van der Waals surface area contributed by atoms with Gasteiger partial charge in [-0.1, -0.05) is 17.2 Å². The topological polar surface area (TPSA) is 112 Å². The molecule has 0 saturated carbocycles. The van der Waals surface area contributed by atoms with Gasteiger partial charge in [-0.15, -0.1) is 5.10 Å². The molecule has 24 heavy (non-hydrogen) atoms. The largest absolute Gasteiger partial charge is 0.443 e. The number of hydrogen-bond donors (Lipinski definition) is 0. The highest BCUT2D eigenvalue weighted by molar-refractivity contribution is 5.85. The zero-order valence-corrected chi connectivity index (χ0v) is 13.8. The summed E-state index contributed by atoms with van der Waals surface area (Å²) in [6.45, 7) is 7.19. The van der Waals surface area contributed by atoms with Gasteiger partial charge in [0, 0.05) is 12.6 Å². The lowest BCUT2D eigenvalue weighted by molar-refractivity contribution is -0.384. The minimum atomic E-state index is -0.675. The monoisotopic (exact) mass is 334 g/mol. The number of carbonyl (C=O) groups is 1. The summed E-state index contributed by atoms with van der Waals surface area (Å²) in [7, 11) is 0. The van der Waals surface area contributed by atoms with E-state index in [9.17, 15) is 14.9 Å². The molecule has 0 fully saturated rings. The number of nitrogens with zero attached hydrogens (tertiary/aromatic N) is 4. The van der Waals surface area contributed by atoms with Crippen LogP contribution in [0.1, 0.15) is 27.7 Å². The minimum Gasteiger partial charge on any atom is -0.443 e. The molecule has 0 N–H and O–H groups in total. The Morgan fingerprint density at radius 3 is 2.58 bits per heavy atom. The molecule has 1 aromatic heterocycles. The zero-order valence-electron chi connectivity index (χ0n) is 13.8. The Balaban J connectivity index is 2.33. The second-order valence-corrected chi connectivity index (χ2v) is 5.89. The van der Waals surface area contributed by atoms with Gasteiger partial charge < -0.3 is 9.15 Å². The van der Waals surface area contributed by atoms with E-state index in [1.54, 1.807) is 33.8 Å². The van der Waals surface area contributed by atoms with E-state index in [1.807, 2.05) is 0 Å². The fourth-order valence-corrected chi connectivity index (χ4v) is 1.91. The average Bonchev–Trinajstić information content (AvgIpc) is 2.95. The quantitative estimate of drug-likeness (QED) is 0.622. The van der Waals surface area contributed by atoms with Gasteiger partial charge in [0.1, 0.15) is 11.2 Å². The first-order chi connectivity index (χ1) is 11.2. The number of aromatic nitrogens is 2. The average molecular weight is 334 g/mol. The molecule has 0 unspecified atom stereocenters. The van der Waals surface area contributed by atoms with Crippen LogP contribution >= 0.6 is 0 Å². The maximum atomic E-state index is 12.2. The van der Waals surface area contributed by atoms with Crippen LogP contribution in [0.2, 0.25) is 0 Å². The van der Waals surface area contributed by atoms with Gasteiger partial charge in [-0.05, 0) is 33.8 Å². The predicted molar refractivity (Wildman–Crippen MR) is 85.6 cm³/mol. The lowest BCUT2D eigenvalue weighted by atomic mass is 10.2. The van der Waals surface area contributed by atoms with Crippen LogP contribution < -0.4 is 4.90 Å². The van der Waals surface area contributed by atoms with Gasteiger partial charge >= 0.3 is 12.1 Å². The van der Waals surface area contributed by atoms with E-state index in [0.717, 1.165) is 4.90 Å². The summed E-state index contributed by atoms with van der Waals surface area (Å²) in [5, 5.41) is 18.7. The molecule has 0 bridgehead atoms.